The van der Waals surface area contributed by atoms with E-state index in [0.717, 1.165) is 6.20 Å². The molecular weight excluding hydrogens is 224 g/mol. The van der Waals surface area contributed by atoms with Gasteiger partial charge in [-0.1, -0.05) is 0 Å². The Morgan fingerprint density at radius 3 is 2.31 bits per heavy atom. The minimum absolute atomic E-state index is 0.381. The summed E-state index contributed by atoms with van der Waals surface area (Å²) in [6, 6.07) is 0. The lowest BCUT2D eigenvalue weighted by atomic mass is 10.2. The summed E-state index contributed by atoms with van der Waals surface area (Å²) in [5, 5.41) is 8.64. The molecule has 0 atom stereocenters. The number of aliphatic carboxylic acids is 1. The summed E-state index contributed by atoms with van der Waals surface area (Å²) < 4.78 is 29.2. The zero-order chi connectivity index (χ0) is 12.1. The summed E-state index contributed by atoms with van der Waals surface area (Å²) in [4.78, 5) is 23.0. The van der Waals surface area contributed by atoms with Gasteiger partial charge in [0.1, 0.15) is 5.57 Å². The number of carbonyl (C=O) groups is 2. The maximum atomic E-state index is 12.1. The fourth-order valence-corrected chi connectivity index (χ4v) is 1.23. The number of Topliss-reactive ketones (excluding diaryl/α,β-unsaturated/α-hetero) is 1. The molecule has 1 saturated heterocycles. The van der Waals surface area contributed by atoms with Crippen LogP contribution in [0.5, 0.6) is 0 Å². The third-order valence-corrected chi connectivity index (χ3v) is 2.05. The number of alkyl halides is 2. The van der Waals surface area contributed by atoms with E-state index in [1.807, 2.05) is 0 Å². The van der Waals surface area contributed by atoms with E-state index in [0.29, 0.717) is 26.3 Å². The van der Waals surface area contributed by atoms with E-state index < -0.39 is 23.8 Å². The van der Waals surface area contributed by atoms with Gasteiger partial charge in [-0.3, -0.25) is 4.79 Å². The molecule has 1 fully saturated rings. The van der Waals surface area contributed by atoms with Crippen LogP contribution in [-0.4, -0.2) is 54.5 Å². The van der Waals surface area contributed by atoms with Crippen LogP contribution in [-0.2, 0) is 14.3 Å². The van der Waals surface area contributed by atoms with Crippen molar-refractivity contribution in [3.05, 3.63) is 11.8 Å². The Balaban J connectivity index is 2.79. The Morgan fingerprint density at radius 2 is 1.88 bits per heavy atom. The van der Waals surface area contributed by atoms with E-state index in [1.165, 1.54) is 4.90 Å². The van der Waals surface area contributed by atoms with Crippen LogP contribution in [0.1, 0.15) is 0 Å². The zero-order valence-electron chi connectivity index (χ0n) is 8.36. The summed E-state index contributed by atoms with van der Waals surface area (Å²) in [5.41, 5.74) is -0.892. The molecule has 0 amide bonds. The van der Waals surface area contributed by atoms with Crippen LogP contribution < -0.4 is 0 Å². The van der Waals surface area contributed by atoms with Crippen molar-refractivity contribution in [3.8, 4) is 0 Å². The first-order valence-corrected chi connectivity index (χ1v) is 4.61. The lowest BCUT2D eigenvalue weighted by Crippen LogP contribution is -2.34. The molecule has 1 aliphatic heterocycles. The Hall–Kier alpha value is -1.50. The number of nitrogens with zero attached hydrogens (tertiary/aromatic N) is 1. The second-order valence-electron chi connectivity index (χ2n) is 3.16. The normalized spacial score (nSPS) is 17.7. The van der Waals surface area contributed by atoms with Crippen molar-refractivity contribution in [2.24, 2.45) is 0 Å². The topological polar surface area (TPSA) is 66.8 Å². The molecule has 1 rings (SSSR count). The van der Waals surface area contributed by atoms with E-state index >= 15 is 0 Å². The van der Waals surface area contributed by atoms with E-state index in [9.17, 15) is 18.4 Å². The van der Waals surface area contributed by atoms with Crippen LogP contribution in [0, 0.1) is 0 Å². The van der Waals surface area contributed by atoms with E-state index in [-0.39, 0.29) is 0 Å². The number of morpholine rings is 1. The van der Waals surface area contributed by atoms with Gasteiger partial charge in [0.2, 0.25) is 5.78 Å². The van der Waals surface area contributed by atoms with Crippen molar-refractivity contribution in [1.29, 1.82) is 0 Å². The van der Waals surface area contributed by atoms with Crippen LogP contribution in [0.3, 0.4) is 0 Å². The molecule has 5 nitrogen and oxygen atoms in total. The van der Waals surface area contributed by atoms with Gasteiger partial charge in [-0.2, -0.15) is 0 Å². The molecule has 0 aliphatic carbocycles. The highest BCUT2D eigenvalue weighted by atomic mass is 19.3. The number of ketones is 1. The molecule has 7 heteroatoms. The molecular formula is C9H11F2NO4. The summed E-state index contributed by atoms with van der Waals surface area (Å²) in [6.07, 6.45) is -2.34. The van der Waals surface area contributed by atoms with Gasteiger partial charge in [0.25, 0.3) is 0 Å². The second-order valence-corrected chi connectivity index (χ2v) is 3.16. The summed E-state index contributed by atoms with van der Waals surface area (Å²) in [5.74, 6) is -3.31. The molecule has 0 aromatic carbocycles. The molecule has 1 aliphatic rings. The van der Waals surface area contributed by atoms with E-state index in [4.69, 9.17) is 9.84 Å². The number of hydrogen-bond acceptors (Lipinski definition) is 4. The van der Waals surface area contributed by atoms with E-state index in [2.05, 4.69) is 0 Å². The lowest BCUT2D eigenvalue weighted by molar-refractivity contribution is -0.137. The van der Waals surface area contributed by atoms with Gasteiger partial charge < -0.3 is 14.7 Å². The third-order valence-electron chi connectivity index (χ3n) is 2.05. The fourth-order valence-electron chi connectivity index (χ4n) is 1.23. The fraction of sp³-hybridized carbons (Fsp3) is 0.556. The standard InChI is InChI=1S/C9H11F2NO4/c10-8(11)7(13)6(9(14)15)5-12-1-3-16-4-2-12/h5,8H,1-4H2,(H,14,15). The number of carboxylic acids is 1. The van der Waals surface area contributed by atoms with Gasteiger partial charge in [-0.15, -0.1) is 0 Å². The highest BCUT2D eigenvalue weighted by molar-refractivity contribution is 6.17. The van der Waals surface area contributed by atoms with Crippen molar-refractivity contribution < 1.29 is 28.2 Å². The highest BCUT2D eigenvalue weighted by Gasteiger charge is 2.26. The second kappa shape index (κ2) is 5.55. The number of hydrogen-bond donors (Lipinski definition) is 1. The highest BCUT2D eigenvalue weighted by Crippen LogP contribution is 2.09. The molecule has 1 heterocycles. The molecule has 0 aromatic rings. The van der Waals surface area contributed by atoms with Gasteiger partial charge in [0.05, 0.1) is 13.2 Å². The molecule has 1 N–H and O–H groups in total. The summed E-state index contributed by atoms with van der Waals surface area (Å²) in [6.45, 7) is 1.53. The average Bonchev–Trinajstić information content (AvgIpc) is 2.26. The Labute approximate surface area is 90.3 Å². The SMILES string of the molecule is O=C(O)C(=CN1CCOCC1)C(=O)C(F)F. The Kier molecular flexibility index (Phi) is 4.36. The molecule has 0 saturated carbocycles. The number of carboxylic acid groups (broad SMARTS) is 1. The largest absolute Gasteiger partial charge is 0.478 e. The molecule has 0 radical (unpaired) electrons. The van der Waals surface area contributed by atoms with Gasteiger partial charge in [0.15, 0.2) is 0 Å². The molecule has 16 heavy (non-hydrogen) atoms. The van der Waals surface area contributed by atoms with Gasteiger partial charge in [-0.05, 0) is 0 Å². The lowest BCUT2D eigenvalue weighted by Gasteiger charge is -2.25. The van der Waals surface area contributed by atoms with Crippen molar-refractivity contribution in [1.82, 2.24) is 4.90 Å². The van der Waals surface area contributed by atoms with Crippen LogP contribution in [0.4, 0.5) is 8.78 Å². The van der Waals surface area contributed by atoms with Gasteiger partial charge in [0, 0.05) is 19.3 Å². The molecule has 0 bridgehead atoms. The van der Waals surface area contributed by atoms with Gasteiger partial charge in [-0.25, -0.2) is 13.6 Å². The van der Waals surface area contributed by atoms with Gasteiger partial charge >= 0.3 is 12.4 Å². The first kappa shape index (κ1) is 12.6. The molecule has 90 valence electrons. The van der Waals surface area contributed by atoms with Crippen molar-refractivity contribution in [2.75, 3.05) is 26.3 Å². The third kappa shape index (κ3) is 3.27. The molecule has 0 unspecified atom stereocenters. The minimum Gasteiger partial charge on any atom is -0.478 e. The molecule has 0 aromatic heterocycles. The average molecular weight is 235 g/mol. The summed E-state index contributed by atoms with van der Waals surface area (Å²) in [7, 11) is 0. The maximum Gasteiger partial charge on any atom is 0.341 e. The zero-order valence-corrected chi connectivity index (χ0v) is 8.36. The quantitative estimate of drug-likeness (QED) is 0.426. The van der Waals surface area contributed by atoms with Crippen LogP contribution in [0.2, 0.25) is 0 Å². The maximum absolute atomic E-state index is 12.1. The first-order chi connectivity index (χ1) is 7.52. The monoisotopic (exact) mass is 235 g/mol. The van der Waals surface area contributed by atoms with E-state index in [1.54, 1.807) is 0 Å². The van der Waals surface area contributed by atoms with Crippen molar-refractivity contribution in [3.63, 3.8) is 0 Å². The predicted molar refractivity (Wildman–Crippen MR) is 49.1 cm³/mol. The smallest absolute Gasteiger partial charge is 0.341 e. The van der Waals surface area contributed by atoms with Crippen molar-refractivity contribution in [2.45, 2.75) is 6.43 Å². The van der Waals surface area contributed by atoms with Crippen LogP contribution in [0.15, 0.2) is 11.8 Å². The van der Waals surface area contributed by atoms with Crippen LogP contribution in [0.25, 0.3) is 0 Å². The predicted octanol–water partition coefficient (Wildman–Crippen LogP) is 0.121. The number of rotatable bonds is 4. The minimum atomic E-state index is -3.30. The summed E-state index contributed by atoms with van der Waals surface area (Å²) >= 11 is 0. The van der Waals surface area contributed by atoms with Crippen LogP contribution >= 0.6 is 0 Å². The van der Waals surface area contributed by atoms with Crippen molar-refractivity contribution >= 4 is 11.8 Å². The Morgan fingerprint density at radius 1 is 1.31 bits per heavy atom. The molecule has 0 spiro atoms. The number of carbonyl (C=O) groups excluding carboxylic acids is 1. The number of halogens is 2. The number of ether oxygens (including phenoxy) is 1. The Bertz CT molecular complexity index is 311. The first-order valence-electron chi connectivity index (χ1n) is 4.61.